The molecule has 0 amide bonds. The largest absolute Gasteiger partial charge is 0.370 e. The molecule has 0 spiro atoms. The van der Waals surface area contributed by atoms with Crippen molar-refractivity contribution < 1.29 is 0 Å². The summed E-state index contributed by atoms with van der Waals surface area (Å²) in [4.78, 5) is 8.03. The molecule has 0 aliphatic heterocycles. The lowest BCUT2D eigenvalue weighted by Crippen LogP contribution is -2.04. The Labute approximate surface area is 95.3 Å². The zero-order valence-electron chi connectivity index (χ0n) is 8.76. The second kappa shape index (κ2) is 6.26. The van der Waals surface area contributed by atoms with Gasteiger partial charge in [0.15, 0.2) is 0 Å². The molecule has 80 valence electrons. The zero-order valence-corrected chi connectivity index (χ0v) is 9.51. The Balaban J connectivity index is 2.34. The van der Waals surface area contributed by atoms with E-state index in [4.69, 9.17) is 18.0 Å². The molecule has 0 saturated heterocycles. The van der Waals surface area contributed by atoms with Crippen LogP contribution in [0.5, 0.6) is 0 Å². The number of aryl methyl sites for hydroxylation is 1. The number of anilines is 1. The van der Waals surface area contributed by atoms with E-state index in [1.807, 2.05) is 13.0 Å². The van der Waals surface area contributed by atoms with Gasteiger partial charge in [0.2, 0.25) is 5.28 Å². The lowest BCUT2D eigenvalue weighted by molar-refractivity contribution is 0.787. The van der Waals surface area contributed by atoms with Gasteiger partial charge in [0.05, 0.1) is 0 Å². The Morgan fingerprint density at radius 1 is 1.47 bits per heavy atom. The topological polar surface area (TPSA) is 37.8 Å². The SMILES string of the molecule is C#CCCCCNc1cc(C)nc(Cl)n1. The van der Waals surface area contributed by atoms with Gasteiger partial charge in [0.25, 0.3) is 0 Å². The number of hydrogen-bond donors (Lipinski definition) is 1. The fourth-order valence-corrected chi connectivity index (χ4v) is 1.42. The highest BCUT2D eigenvalue weighted by Crippen LogP contribution is 2.09. The first-order valence-electron chi connectivity index (χ1n) is 4.91. The maximum Gasteiger partial charge on any atom is 0.224 e. The quantitative estimate of drug-likeness (QED) is 0.474. The van der Waals surface area contributed by atoms with E-state index < -0.39 is 0 Å². The van der Waals surface area contributed by atoms with Crippen molar-refractivity contribution in [1.29, 1.82) is 0 Å². The minimum Gasteiger partial charge on any atom is -0.370 e. The third kappa shape index (κ3) is 4.66. The molecule has 0 aliphatic rings. The Kier molecular flexibility index (Phi) is 4.92. The summed E-state index contributed by atoms with van der Waals surface area (Å²) in [5, 5.41) is 3.46. The highest BCUT2D eigenvalue weighted by Gasteiger charge is 1.98. The summed E-state index contributed by atoms with van der Waals surface area (Å²) in [6, 6.07) is 1.87. The summed E-state index contributed by atoms with van der Waals surface area (Å²) in [6.45, 7) is 2.74. The molecular formula is C11H14ClN3. The fraction of sp³-hybridized carbons (Fsp3) is 0.455. The maximum absolute atomic E-state index is 5.72. The van der Waals surface area contributed by atoms with Crippen molar-refractivity contribution in [3.8, 4) is 12.3 Å². The Morgan fingerprint density at radius 3 is 2.93 bits per heavy atom. The molecule has 0 bridgehead atoms. The van der Waals surface area contributed by atoms with Gasteiger partial charge in [-0.3, -0.25) is 0 Å². The Hall–Kier alpha value is -1.27. The molecule has 0 saturated carbocycles. The van der Waals surface area contributed by atoms with E-state index in [-0.39, 0.29) is 5.28 Å². The summed E-state index contributed by atoms with van der Waals surface area (Å²) in [5.41, 5.74) is 0.862. The Morgan fingerprint density at radius 2 is 2.27 bits per heavy atom. The van der Waals surface area contributed by atoms with Crippen molar-refractivity contribution in [3.05, 3.63) is 17.0 Å². The van der Waals surface area contributed by atoms with Gasteiger partial charge in [-0.1, -0.05) is 0 Å². The van der Waals surface area contributed by atoms with Gasteiger partial charge in [-0.2, -0.15) is 0 Å². The third-order valence-electron chi connectivity index (χ3n) is 1.88. The van der Waals surface area contributed by atoms with E-state index >= 15 is 0 Å². The molecule has 0 unspecified atom stereocenters. The van der Waals surface area contributed by atoms with Crippen molar-refractivity contribution in [2.24, 2.45) is 0 Å². The van der Waals surface area contributed by atoms with Gasteiger partial charge < -0.3 is 5.32 Å². The van der Waals surface area contributed by atoms with Crippen molar-refractivity contribution in [2.75, 3.05) is 11.9 Å². The summed E-state index contributed by atoms with van der Waals surface area (Å²) < 4.78 is 0. The number of terminal acetylenes is 1. The maximum atomic E-state index is 5.72. The van der Waals surface area contributed by atoms with Crippen LogP contribution >= 0.6 is 11.6 Å². The van der Waals surface area contributed by atoms with Crippen molar-refractivity contribution >= 4 is 17.4 Å². The summed E-state index contributed by atoms with van der Waals surface area (Å²) in [6.07, 6.45) is 8.04. The summed E-state index contributed by atoms with van der Waals surface area (Å²) in [7, 11) is 0. The molecule has 0 radical (unpaired) electrons. The zero-order chi connectivity index (χ0) is 11.1. The monoisotopic (exact) mass is 223 g/mol. The van der Waals surface area contributed by atoms with Crippen LogP contribution in [0.2, 0.25) is 5.28 Å². The minimum absolute atomic E-state index is 0.279. The van der Waals surface area contributed by atoms with E-state index in [9.17, 15) is 0 Å². The summed E-state index contributed by atoms with van der Waals surface area (Å²) >= 11 is 5.72. The second-order valence-corrected chi connectivity index (χ2v) is 3.59. The first-order chi connectivity index (χ1) is 7.22. The van der Waals surface area contributed by atoms with Gasteiger partial charge in [0.1, 0.15) is 5.82 Å². The molecule has 1 heterocycles. The van der Waals surface area contributed by atoms with Crippen molar-refractivity contribution in [3.63, 3.8) is 0 Å². The predicted molar refractivity (Wildman–Crippen MR) is 63.0 cm³/mol. The first kappa shape index (κ1) is 11.8. The minimum atomic E-state index is 0.279. The number of unbranched alkanes of at least 4 members (excludes halogenated alkanes) is 2. The average Bonchev–Trinajstić information content (AvgIpc) is 2.16. The average molecular weight is 224 g/mol. The Bertz CT molecular complexity index is 337. The number of nitrogens with one attached hydrogen (secondary N) is 1. The van der Waals surface area contributed by atoms with Crippen LogP contribution in [0.3, 0.4) is 0 Å². The highest BCUT2D eigenvalue weighted by atomic mass is 35.5. The third-order valence-corrected chi connectivity index (χ3v) is 2.05. The molecular weight excluding hydrogens is 210 g/mol. The highest BCUT2D eigenvalue weighted by molar-refractivity contribution is 6.28. The molecule has 1 aromatic heterocycles. The number of halogens is 1. The molecule has 1 rings (SSSR count). The second-order valence-electron chi connectivity index (χ2n) is 3.25. The van der Waals surface area contributed by atoms with E-state index in [0.29, 0.717) is 0 Å². The van der Waals surface area contributed by atoms with Crippen molar-refractivity contribution in [1.82, 2.24) is 9.97 Å². The van der Waals surface area contributed by atoms with Crippen LogP contribution in [0.25, 0.3) is 0 Å². The van der Waals surface area contributed by atoms with Gasteiger partial charge in [-0.15, -0.1) is 12.3 Å². The smallest absolute Gasteiger partial charge is 0.224 e. The van der Waals surface area contributed by atoms with Gasteiger partial charge in [-0.25, -0.2) is 9.97 Å². The van der Waals surface area contributed by atoms with Gasteiger partial charge >= 0.3 is 0 Å². The van der Waals surface area contributed by atoms with Gasteiger partial charge in [0, 0.05) is 24.7 Å². The normalized spacial score (nSPS) is 9.67. The van der Waals surface area contributed by atoms with Crippen molar-refractivity contribution in [2.45, 2.75) is 26.2 Å². The van der Waals surface area contributed by atoms with E-state index in [1.54, 1.807) is 0 Å². The number of rotatable bonds is 5. The van der Waals surface area contributed by atoms with Crippen LogP contribution in [0.4, 0.5) is 5.82 Å². The van der Waals surface area contributed by atoms with Gasteiger partial charge in [-0.05, 0) is 31.4 Å². The lowest BCUT2D eigenvalue weighted by Gasteiger charge is -2.05. The van der Waals surface area contributed by atoms with Crippen LogP contribution in [0, 0.1) is 19.3 Å². The first-order valence-corrected chi connectivity index (χ1v) is 5.28. The number of nitrogens with zero attached hydrogens (tertiary/aromatic N) is 2. The van der Waals surface area contributed by atoms with Crippen LogP contribution in [0.15, 0.2) is 6.07 Å². The van der Waals surface area contributed by atoms with E-state index in [0.717, 1.165) is 37.3 Å². The number of hydrogen-bond acceptors (Lipinski definition) is 3. The molecule has 0 atom stereocenters. The van der Waals surface area contributed by atoms with E-state index in [1.165, 1.54) is 0 Å². The molecule has 4 heteroatoms. The molecule has 1 aromatic rings. The molecule has 0 fully saturated rings. The molecule has 3 nitrogen and oxygen atoms in total. The van der Waals surface area contributed by atoms with Crippen LogP contribution in [-0.4, -0.2) is 16.5 Å². The summed E-state index contributed by atoms with van der Waals surface area (Å²) in [5.74, 6) is 3.38. The van der Waals surface area contributed by atoms with E-state index in [2.05, 4.69) is 21.2 Å². The fourth-order valence-electron chi connectivity index (χ4n) is 1.19. The lowest BCUT2D eigenvalue weighted by atomic mass is 10.2. The number of aromatic nitrogens is 2. The van der Waals surface area contributed by atoms with Crippen LogP contribution in [-0.2, 0) is 0 Å². The molecule has 0 aromatic carbocycles. The molecule has 15 heavy (non-hydrogen) atoms. The van der Waals surface area contributed by atoms with Crippen LogP contribution in [0.1, 0.15) is 25.0 Å². The molecule has 1 N–H and O–H groups in total. The predicted octanol–water partition coefficient (Wildman–Crippen LogP) is 2.65. The molecule has 0 aliphatic carbocycles. The standard InChI is InChI=1S/C11H14ClN3/c1-3-4-5-6-7-13-10-8-9(2)14-11(12)15-10/h1,8H,4-7H2,2H3,(H,13,14,15). The van der Waals surface area contributed by atoms with Crippen LogP contribution < -0.4 is 5.32 Å².